The minimum absolute atomic E-state index is 0.0402. The minimum atomic E-state index is -4.41. The van der Waals surface area contributed by atoms with Crippen molar-refractivity contribution in [2.24, 2.45) is 0 Å². The van der Waals surface area contributed by atoms with Crippen LogP contribution in [0.25, 0.3) is 0 Å². The Morgan fingerprint density at radius 3 is 2.07 bits per heavy atom. The molecule has 0 saturated carbocycles. The van der Waals surface area contributed by atoms with Gasteiger partial charge >= 0.3 is 6.18 Å². The van der Waals surface area contributed by atoms with E-state index in [4.69, 9.17) is 0 Å². The van der Waals surface area contributed by atoms with Crippen molar-refractivity contribution in [3.8, 4) is 0 Å². The number of hydrogen-bond acceptors (Lipinski definition) is 3. The van der Waals surface area contributed by atoms with Gasteiger partial charge in [0.05, 0.1) is 12.1 Å². The van der Waals surface area contributed by atoms with Crippen LogP contribution in [-0.2, 0) is 24.1 Å². The van der Waals surface area contributed by atoms with Crippen LogP contribution in [0, 0.1) is 0 Å². The van der Waals surface area contributed by atoms with Gasteiger partial charge in [-0.1, -0.05) is 30.3 Å². The number of hydrogen-bond donors (Lipinski definition) is 0. The third-order valence-corrected chi connectivity index (χ3v) is 4.47. The van der Waals surface area contributed by atoms with Crippen molar-refractivity contribution < 1.29 is 18.0 Å². The Hall–Kier alpha value is -2.54. The zero-order valence-electron chi connectivity index (χ0n) is 16.6. The lowest BCUT2D eigenvalue weighted by Crippen LogP contribution is -2.36. The number of amides is 1. The summed E-state index contributed by atoms with van der Waals surface area (Å²) >= 11 is 0. The molecule has 0 aliphatic carbocycles. The van der Waals surface area contributed by atoms with Crippen LogP contribution in [0.1, 0.15) is 16.7 Å². The molecule has 0 radical (unpaired) electrons. The second kappa shape index (κ2) is 9.10. The Morgan fingerprint density at radius 1 is 0.893 bits per heavy atom. The van der Waals surface area contributed by atoms with Gasteiger partial charge in [-0.3, -0.25) is 9.69 Å². The number of halogens is 3. The second-order valence-corrected chi connectivity index (χ2v) is 7.14. The molecule has 0 aliphatic heterocycles. The molecule has 0 atom stereocenters. The summed E-state index contributed by atoms with van der Waals surface area (Å²) in [7, 11) is 7.25. The van der Waals surface area contributed by atoms with Gasteiger partial charge in [-0.15, -0.1) is 0 Å². The standard InChI is InChI=1S/C21H26F3N3O/c1-25(2)18-11-9-16(10-12-18)13-27(4)20(28)15-26(3)14-17-7-5-6-8-19(17)21(22,23)24/h5-12H,13-15H2,1-4H3. The molecule has 0 unspecified atom stereocenters. The van der Waals surface area contributed by atoms with Gasteiger partial charge in [-0.2, -0.15) is 13.2 Å². The predicted octanol–water partition coefficient (Wildman–Crippen LogP) is 3.86. The molecule has 0 heterocycles. The summed E-state index contributed by atoms with van der Waals surface area (Å²) in [5.41, 5.74) is 1.56. The van der Waals surface area contributed by atoms with E-state index in [2.05, 4.69) is 0 Å². The van der Waals surface area contributed by atoms with Crippen LogP contribution in [-0.4, -0.2) is 50.4 Å². The molecule has 152 valence electrons. The number of benzene rings is 2. The van der Waals surface area contributed by atoms with Crippen molar-refractivity contribution in [2.45, 2.75) is 19.3 Å². The lowest BCUT2D eigenvalue weighted by molar-refractivity contribution is -0.138. The van der Waals surface area contributed by atoms with E-state index >= 15 is 0 Å². The normalized spacial score (nSPS) is 11.6. The molecule has 0 aliphatic rings. The Bertz CT molecular complexity index is 788. The Balaban J connectivity index is 1.95. The predicted molar refractivity (Wildman–Crippen MR) is 105 cm³/mol. The summed E-state index contributed by atoms with van der Waals surface area (Å²) < 4.78 is 39.3. The first kappa shape index (κ1) is 21.8. The molecule has 2 rings (SSSR count). The van der Waals surface area contributed by atoms with Crippen molar-refractivity contribution in [3.05, 3.63) is 65.2 Å². The maximum absolute atomic E-state index is 13.1. The van der Waals surface area contributed by atoms with Crippen LogP contribution < -0.4 is 4.90 Å². The smallest absolute Gasteiger partial charge is 0.378 e. The van der Waals surface area contributed by atoms with Crippen molar-refractivity contribution in [1.29, 1.82) is 0 Å². The molecule has 4 nitrogen and oxygen atoms in total. The SMILES string of the molecule is CN(CC(=O)N(C)Cc1ccc(N(C)C)cc1)Cc1ccccc1C(F)(F)F. The number of carbonyl (C=O) groups is 1. The Kier molecular flexibility index (Phi) is 7.07. The first-order valence-corrected chi connectivity index (χ1v) is 8.92. The molecule has 0 spiro atoms. The maximum atomic E-state index is 13.1. The molecule has 0 fully saturated rings. The summed E-state index contributed by atoms with van der Waals surface area (Å²) in [4.78, 5) is 17.6. The highest BCUT2D eigenvalue weighted by Gasteiger charge is 2.33. The van der Waals surface area contributed by atoms with Crippen LogP contribution in [0.3, 0.4) is 0 Å². The average molecular weight is 393 g/mol. The van der Waals surface area contributed by atoms with Crippen LogP contribution in [0.15, 0.2) is 48.5 Å². The number of likely N-dealkylation sites (N-methyl/N-ethyl adjacent to an activating group) is 2. The number of alkyl halides is 3. The van der Waals surface area contributed by atoms with Crippen molar-refractivity contribution in [1.82, 2.24) is 9.80 Å². The van der Waals surface area contributed by atoms with Gasteiger partial charge < -0.3 is 9.80 Å². The quantitative estimate of drug-likeness (QED) is 0.715. The lowest BCUT2D eigenvalue weighted by Gasteiger charge is -2.23. The third-order valence-electron chi connectivity index (χ3n) is 4.47. The summed E-state index contributed by atoms with van der Waals surface area (Å²) in [5.74, 6) is -0.149. The van der Waals surface area contributed by atoms with E-state index in [9.17, 15) is 18.0 Å². The molecule has 7 heteroatoms. The van der Waals surface area contributed by atoms with Gasteiger partial charge in [0.2, 0.25) is 5.91 Å². The van der Waals surface area contributed by atoms with E-state index in [0.29, 0.717) is 6.54 Å². The van der Waals surface area contributed by atoms with E-state index in [-0.39, 0.29) is 24.6 Å². The van der Waals surface area contributed by atoms with Gasteiger partial charge in [0.25, 0.3) is 0 Å². The molecule has 0 bridgehead atoms. The number of carbonyl (C=O) groups excluding carboxylic acids is 1. The van der Waals surface area contributed by atoms with Gasteiger partial charge in [-0.05, 0) is 36.4 Å². The summed E-state index contributed by atoms with van der Waals surface area (Å²) in [6.45, 7) is 0.533. The van der Waals surface area contributed by atoms with Crippen LogP contribution in [0.2, 0.25) is 0 Å². The fourth-order valence-electron chi connectivity index (χ4n) is 2.89. The third kappa shape index (κ3) is 5.99. The molecule has 0 saturated heterocycles. The Morgan fingerprint density at radius 2 is 1.50 bits per heavy atom. The minimum Gasteiger partial charge on any atom is -0.378 e. The molecular formula is C21H26F3N3O. The molecular weight excluding hydrogens is 367 g/mol. The highest BCUT2D eigenvalue weighted by atomic mass is 19.4. The summed E-state index contributed by atoms with van der Waals surface area (Å²) in [6.07, 6.45) is -4.41. The van der Waals surface area contributed by atoms with E-state index in [1.54, 1.807) is 30.0 Å². The zero-order valence-corrected chi connectivity index (χ0v) is 16.6. The van der Waals surface area contributed by atoms with E-state index in [1.807, 2.05) is 43.3 Å². The van der Waals surface area contributed by atoms with Gasteiger partial charge in [0.1, 0.15) is 0 Å². The van der Waals surface area contributed by atoms with E-state index < -0.39 is 11.7 Å². The number of nitrogens with zero attached hydrogens (tertiary/aromatic N) is 3. The summed E-state index contributed by atoms with van der Waals surface area (Å²) in [6, 6.07) is 13.3. The van der Waals surface area contributed by atoms with Crippen molar-refractivity contribution in [2.75, 3.05) is 39.6 Å². The molecule has 28 heavy (non-hydrogen) atoms. The molecule has 2 aromatic rings. The van der Waals surface area contributed by atoms with Crippen LogP contribution >= 0.6 is 0 Å². The largest absolute Gasteiger partial charge is 0.416 e. The van der Waals surface area contributed by atoms with Crippen LogP contribution in [0.5, 0.6) is 0 Å². The highest BCUT2D eigenvalue weighted by molar-refractivity contribution is 5.78. The molecule has 0 N–H and O–H groups in total. The second-order valence-electron chi connectivity index (χ2n) is 7.14. The maximum Gasteiger partial charge on any atom is 0.416 e. The highest BCUT2D eigenvalue weighted by Crippen LogP contribution is 2.32. The van der Waals surface area contributed by atoms with E-state index in [0.717, 1.165) is 17.3 Å². The lowest BCUT2D eigenvalue weighted by atomic mass is 10.1. The topological polar surface area (TPSA) is 26.8 Å². The van der Waals surface area contributed by atoms with Crippen LogP contribution in [0.4, 0.5) is 18.9 Å². The molecule has 1 amide bonds. The van der Waals surface area contributed by atoms with E-state index in [1.165, 1.54) is 12.1 Å². The molecule has 0 aromatic heterocycles. The zero-order chi connectivity index (χ0) is 20.9. The number of anilines is 1. The first-order chi connectivity index (χ1) is 13.1. The average Bonchev–Trinajstić information content (AvgIpc) is 2.61. The van der Waals surface area contributed by atoms with Gasteiger partial charge in [0.15, 0.2) is 0 Å². The van der Waals surface area contributed by atoms with Gasteiger partial charge in [0, 0.05) is 39.9 Å². The van der Waals surface area contributed by atoms with Crippen molar-refractivity contribution >= 4 is 11.6 Å². The monoisotopic (exact) mass is 393 g/mol. The fourth-order valence-corrected chi connectivity index (χ4v) is 2.89. The number of rotatable bonds is 7. The fraction of sp³-hybridized carbons (Fsp3) is 0.381. The van der Waals surface area contributed by atoms with Gasteiger partial charge in [-0.25, -0.2) is 0 Å². The Labute approximate surface area is 164 Å². The van der Waals surface area contributed by atoms with Crippen molar-refractivity contribution in [3.63, 3.8) is 0 Å². The summed E-state index contributed by atoms with van der Waals surface area (Å²) in [5, 5.41) is 0. The molecule has 2 aromatic carbocycles. The first-order valence-electron chi connectivity index (χ1n) is 8.92.